The number of hydrogen-bond acceptors (Lipinski definition) is 7. The van der Waals surface area contributed by atoms with E-state index in [-0.39, 0.29) is 23.3 Å². The van der Waals surface area contributed by atoms with Gasteiger partial charge in [-0.05, 0) is 12.1 Å². The van der Waals surface area contributed by atoms with Gasteiger partial charge in [0, 0.05) is 29.8 Å². The molecule has 10 nitrogen and oxygen atoms in total. The molecule has 2 aromatic carbocycles. The number of ether oxygens (including phenoxy) is 1. The third-order valence-electron chi connectivity index (χ3n) is 3.83. The van der Waals surface area contributed by atoms with Gasteiger partial charge in [0.1, 0.15) is 5.75 Å². The standard InChI is InChI=1S/C16H12N4O6/c1-26-15-5-3-11(19(22)23)6-10(15)8-18-9-17-14-4-2-12(20(24)25)7-13(14)16(18)21/h2-7,9H,8H2,1H3. The Balaban J connectivity index is 2.10. The minimum atomic E-state index is -0.597. The average molecular weight is 356 g/mol. The fraction of sp³-hybridized carbons (Fsp3) is 0.125. The Morgan fingerprint density at radius 2 is 1.73 bits per heavy atom. The van der Waals surface area contributed by atoms with Crippen LogP contribution < -0.4 is 10.3 Å². The van der Waals surface area contributed by atoms with Crippen LogP contribution in [0, 0.1) is 20.2 Å². The summed E-state index contributed by atoms with van der Waals surface area (Å²) in [5, 5.41) is 22.0. The molecule has 132 valence electrons. The monoisotopic (exact) mass is 356 g/mol. The molecule has 0 bridgehead atoms. The van der Waals surface area contributed by atoms with E-state index in [0.717, 1.165) is 6.07 Å². The lowest BCUT2D eigenvalue weighted by Gasteiger charge is -2.10. The summed E-state index contributed by atoms with van der Waals surface area (Å²) >= 11 is 0. The van der Waals surface area contributed by atoms with Gasteiger partial charge in [0.2, 0.25) is 0 Å². The van der Waals surface area contributed by atoms with E-state index in [2.05, 4.69) is 4.98 Å². The molecule has 0 fully saturated rings. The van der Waals surface area contributed by atoms with Gasteiger partial charge in [-0.3, -0.25) is 29.6 Å². The average Bonchev–Trinajstić information content (AvgIpc) is 2.63. The topological polar surface area (TPSA) is 130 Å². The van der Waals surface area contributed by atoms with Crippen LogP contribution in [0.4, 0.5) is 11.4 Å². The number of nitrogens with zero attached hydrogens (tertiary/aromatic N) is 4. The van der Waals surface area contributed by atoms with Gasteiger partial charge in [0.25, 0.3) is 16.9 Å². The molecule has 0 aliphatic heterocycles. The number of methoxy groups -OCH3 is 1. The Bertz CT molecular complexity index is 1090. The lowest BCUT2D eigenvalue weighted by atomic mass is 10.1. The zero-order valence-electron chi connectivity index (χ0n) is 13.5. The third-order valence-corrected chi connectivity index (χ3v) is 3.83. The van der Waals surface area contributed by atoms with E-state index >= 15 is 0 Å². The van der Waals surface area contributed by atoms with Crippen LogP contribution in [-0.2, 0) is 6.54 Å². The number of nitro benzene ring substituents is 2. The molecule has 0 atom stereocenters. The number of hydrogen-bond donors (Lipinski definition) is 0. The molecule has 0 spiro atoms. The lowest BCUT2D eigenvalue weighted by molar-refractivity contribution is -0.385. The van der Waals surface area contributed by atoms with Crippen molar-refractivity contribution in [1.29, 1.82) is 0 Å². The Labute approximate surface area is 145 Å². The normalized spacial score (nSPS) is 10.7. The van der Waals surface area contributed by atoms with Crippen LogP contribution in [-0.4, -0.2) is 26.5 Å². The maximum absolute atomic E-state index is 12.7. The second-order valence-corrected chi connectivity index (χ2v) is 5.39. The van der Waals surface area contributed by atoms with Gasteiger partial charge < -0.3 is 4.74 Å². The number of fused-ring (bicyclic) bond motifs is 1. The number of aromatic nitrogens is 2. The summed E-state index contributed by atoms with van der Waals surface area (Å²) in [4.78, 5) is 37.5. The first-order chi connectivity index (χ1) is 12.4. The van der Waals surface area contributed by atoms with Crippen molar-refractivity contribution in [2.24, 2.45) is 0 Å². The predicted octanol–water partition coefficient (Wildman–Crippen LogP) is 2.27. The van der Waals surface area contributed by atoms with Crippen LogP contribution in [0.5, 0.6) is 5.75 Å². The quantitative estimate of drug-likeness (QED) is 0.506. The Morgan fingerprint density at radius 3 is 2.38 bits per heavy atom. The highest BCUT2D eigenvalue weighted by Crippen LogP contribution is 2.25. The molecule has 1 aromatic heterocycles. The van der Waals surface area contributed by atoms with E-state index in [4.69, 9.17) is 4.74 Å². The van der Waals surface area contributed by atoms with Gasteiger partial charge in [-0.2, -0.15) is 0 Å². The highest BCUT2D eigenvalue weighted by molar-refractivity contribution is 5.79. The molecule has 0 radical (unpaired) electrons. The van der Waals surface area contributed by atoms with Gasteiger partial charge in [-0.15, -0.1) is 0 Å². The minimum Gasteiger partial charge on any atom is -0.496 e. The van der Waals surface area contributed by atoms with E-state index in [0.29, 0.717) is 16.8 Å². The lowest BCUT2D eigenvalue weighted by Crippen LogP contribution is -2.21. The first-order valence-corrected chi connectivity index (χ1v) is 7.35. The molecule has 0 aliphatic rings. The first-order valence-electron chi connectivity index (χ1n) is 7.35. The second kappa shape index (κ2) is 6.59. The van der Waals surface area contributed by atoms with Crippen LogP contribution in [0.1, 0.15) is 5.56 Å². The summed E-state index contributed by atoms with van der Waals surface area (Å²) < 4.78 is 6.40. The number of nitro groups is 2. The molecule has 0 aliphatic carbocycles. The Morgan fingerprint density at radius 1 is 1.08 bits per heavy atom. The van der Waals surface area contributed by atoms with E-state index in [1.807, 2.05) is 0 Å². The summed E-state index contributed by atoms with van der Waals surface area (Å²) in [5.41, 5.74) is -0.120. The van der Waals surface area contributed by atoms with E-state index in [1.54, 1.807) is 0 Å². The van der Waals surface area contributed by atoms with Gasteiger partial charge in [-0.25, -0.2) is 4.98 Å². The van der Waals surface area contributed by atoms with Crippen molar-refractivity contribution in [3.8, 4) is 5.75 Å². The minimum absolute atomic E-state index is 0.0324. The number of benzene rings is 2. The molecule has 1 heterocycles. The van der Waals surface area contributed by atoms with Crippen LogP contribution in [0.2, 0.25) is 0 Å². The second-order valence-electron chi connectivity index (χ2n) is 5.39. The molecule has 0 N–H and O–H groups in total. The van der Waals surface area contributed by atoms with E-state index in [1.165, 1.54) is 48.3 Å². The predicted molar refractivity (Wildman–Crippen MR) is 91.4 cm³/mol. The van der Waals surface area contributed by atoms with Gasteiger partial charge in [0.15, 0.2) is 0 Å². The van der Waals surface area contributed by atoms with Crippen molar-refractivity contribution >= 4 is 22.3 Å². The fourth-order valence-corrected chi connectivity index (χ4v) is 2.56. The summed E-state index contributed by atoms with van der Waals surface area (Å²) in [7, 11) is 1.41. The van der Waals surface area contributed by atoms with Crippen LogP contribution >= 0.6 is 0 Å². The molecule has 0 unspecified atom stereocenters. The van der Waals surface area contributed by atoms with Crippen LogP contribution in [0.15, 0.2) is 47.5 Å². The zero-order chi connectivity index (χ0) is 18.8. The molecule has 0 saturated carbocycles. The van der Waals surface area contributed by atoms with Crippen molar-refractivity contribution in [3.05, 3.63) is 78.9 Å². The fourth-order valence-electron chi connectivity index (χ4n) is 2.56. The van der Waals surface area contributed by atoms with Crippen molar-refractivity contribution < 1.29 is 14.6 Å². The number of non-ortho nitro benzene ring substituents is 2. The van der Waals surface area contributed by atoms with Gasteiger partial charge in [0.05, 0.1) is 40.7 Å². The molecule has 0 saturated heterocycles. The molecule has 3 aromatic rings. The van der Waals surface area contributed by atoms with E-state index in [9.17, 15) is 25.0 Å². The largest absolute Gasteiger partial charge is 0.496 e. The van der Waals surface area contributed by atoms with Gasteiger partial charge in [-0.1, -0.05) is 0 Å². The van der Waals surface area contributed by atoms with E-state index < -0.39 is 15.4 Å². The maximum Gasteiger partial charge on any atom is 0.270 e. The summed E-state index contributed by atoms with van der Waals surface area (Å²) in [6.45, 7) is -0.0324. The van der Waals surface area contributed by atoms with Gasteiger partial charge >= 0.3 is 0 Å². The van der Waals surface area contributed by atoms with Crippen molar-refractivity contribution in [2.75, 3.05) is 7.11 Å². The highest BCUT2D eigenvalue weighted by Gasteiger charge is 2.15. The van der Waals surface area contributed by atoms with Crippen molar-refractivity contribution in [1.82, 2.24) is 9.55 Å². The maximum atomic E-state index is 12.7. The Kier molecular flexibility index (Phi) is 4.31. The SMILES string of the molecule is COc1ccc([N+](=O)[O-])cc1Cn1cnc2ccc([N+](=O)[O-])cc2c1=O. The summed E-state index contributed by atoms with van der Waals surface area (Å²) in [5.74, 6) is 0.377. The van der Waals surface area contributed by atoms with Crippen molar-refractivity contribution in [2.45, 2.75) is 6.54 Å². The van der Waals surface area contributed by atoms with Crippen molar-refractivity contribution in [3.63, 3.8) is 0 Å². The Hall–Kier alpha value is -3.82. The molecular weight excluding hydrogens is 344 g/mol. The summed E-state index contributed by atoms with van der Waals surface area (Å²) in [6.07, 6.45) is 1.29. The zero-order valence-corrected chi connectivity index (χ0v) is 13.5. The molecule has 26 heavy (non-hydrogen) atoms. The molecular formula is C16H12N4O6. The smallest absolute Gasteiger partial charge is 0.270 e. The molecule has 0 amide bonds. The van der Waals surface area contributed by atoms with Crippen LogP contribution in [0.3, 0.4) is 0 Å². The molecule has 10 heteroatoms. The third kappa shape index (κ3) is 3.07. The number of rotatable bonds is 5. The highest BCUT2D eigenvalue weighted by atomic mass is 16.6. The first kappa shape index (κ1) is 17.0. The molecule has 3 rings (SSSR count). The van der Waals surface area contributed by atoms with Crippen LogP contribution in [0.25, 0.3) is 10.9 Å². The summed E-state index contributed by atoms with van der Waals surface area (Å²) in [6, 6.07) is 7.87.